The van der Waals surface area contributed by atoms with Gasteiger partial charge in [0.2, 0.25) is 0 Å². The van der Waals surface area contributed by atoms with Crippen molar-refractivity contribution < 1.29 is 4.74 Å². The molecule has 0 radical (unpaired) electrons. The van der Waals surface area contributed by atoms with E-state index in [9.17, 15) is 0 Å². The lowest BCUT2D eigenvalue weighted by molar-refractivity contribution is 0.0650. The van der Waals surface area contributed by atoms with Crippen LogP contribution >= 0.6 is 0 Å². The molecule has 0 aliphatic heterocycles. The van der Waals surface area contributed by atoms with Gasteiger partial charge >= 0.3 is 0 Å². The minimum atomic E-state index is -0.122. The van der Waals surface area contributed by atoms with Crippen LogP contribution in [0.25, 0.3) is 0 Å². The van der Waals surface area contributed by atoms with Gasteiger partial charge in [0.25, 0.3) is 0 Å². The molecule has 3 nitrogen and oxygen atoms in total. The Morgan fingerprint density at radius 3 is 2.00 bits per heavy atom. The number of nitrogens with two attached hydrogens (primary N) is 1. The van der Waals surface area contributed by atoms with Crippen LogP contribution in [-0.2, 0) is 4.74 Å². The van der Waals surface area contributed by atoms with Gasteiger partial charge in [0.05, 0.1) is 13.2 Å². The Kier molecular flexibility index (Phi) is 8.02. The third-order valence-corrected chi connectivity index (χ3v) is 3.24. The molecule has 0 spiro atoms. The first-order valence-electron chi connectivity index (χ1n) is 6.20. The van der Waals surface area contributed by atoms with Gasteiger partial charge in [-0.15, -0.1) is 0 Å². The van der Waals surface area contributed by atoms with Gasteiger partial charge in [0.15, 0.2) is 0 Å². The topological polar surface area (TPSA) is 38.5 Å². The number of nitrogens with zero attached hydrogens (tertiary/aromatic N) is 1. The first-order valence-corrected chi connectivity index (χ1v) is 6.20. The van der Waals surface area contributed by atoms with Crippen molar-refractivity contribution in [2.24, 2.45) is 5.73 Å². The fourth-order valence-electron chi connectivity index (χ4n) is 1.46. The monoisotopic (exact) mass is 216 g/mol. The Labute approximate surface area is 95.0 Å². The highest BCUT2D eigenvalue weighted by Crippen LogP contribution is 2.11. The fraction of sp³-hybridized carbons (Fsp3) is 1.00. The molecule has 0 fully saturated rings. The molecule has 2 N–H and O–H groups in total. The number of hydrogen-bond acceptors (Lipinski definition) is 3. The van der Waals surface area contributed by atoms with E-state index in [1.807, 2.05) is 0 Å². The van der Waals surface area contributed by atoms with E-state index in [2.05, 4.69) is 32.6 Å². The smallest absolute Gasteiger partial charge is 0.0646 e. The number of ether oxygens (including phenoxy) is 1. The van der Waals surface area contributed by atoms with Gasteiger partial charge in [-0.05, 0) is 25.9 Å². The van der Waals surface area contributed by atoms with Crippen LogP contribution in [0.15, 0.2) is 0 Å². The summed E-state index contributed by atoms with van der Waals surface area (Å²) in [5.74, 6) is 0. The van der Waals surface area contributed by atoms with Gasteiger partial charge in [-0.3, -0.25) is 0 Å². The summed E-state index contributed by atoms with van der Waals surface area (Å²) < 4.78 is 5.65. The summed E-state index contributed by atoms with van der Waals surface area (Å²) in [6, 6.07) is 0. The molecule has 0 aromatic heterocycles. The highest BCUT2D eigenvalue weighted by molar-refractivity contribution is 4.80. The number of likely N-dealkylation sites (N-methyl/N-ethyl adjacent to an activating group) is 1. The Morgan fingerprint density at radius 1 is 1.07 bits per heavy atom. The van der Waals surface area contributed by atoms with Crippen molar-refractivity contribution >= 4 is 0 Å². The average Bonchev–Trinajstić information content (AvgIpc) is 2.29. The van der Waals surface area contributed by atoms with Crippen LogP contribution in [0.3, 0.4) is 0 Å². The Morgan fingerprint density at radius 2 is 1.60 bits per heavy atom. The molecule has 0 aromatic rings. The Balaban J connectivity index is 3.60. The predicted molar refractivity (Wildman–Crippen MR) is 66.1 cm³/mol. The third-order valence-electron chi connectivity index (χ3n) is 3.24. The summed E-state index contributed by atoms with van der Waals surface area (Å²) in [5.41, 5.74) is 6.02. The van der Waals surface area contributed by atoms with Gasteiger partial charge in [-0.1, -0.05) is 27.7 Å². The zero-order chi connectivity index (χ0) is 11.7. The van der Waals surface area contributed by atoms with E-state index in [4.69, 9.17) is 10.5 Å². The molecule has 0 aliphatic carbocycles. The normalized spacial score (nSPS) is 12.4. The molecule has 0 saturated heterocycles. The molecule has 0 unspecified atom stereocenters. The van der Waals surface area contributed by atoms with Crippen LogP contribution in [0, 0.1) is 0 Å². The van der Waals surface area contributed by atoms with Gasteiger partial charge in [-0.25, -0.2) is 0 Å². The first-order chi connectivity index (χ1) is 7.11. The molecule has 15 heavy (non-hydrogen) atoms. The highest BCUT2D eigenvalue weighted by atomic mass is 16.5. The van der Waals surface area contributed by atoms with Crippen molar-refractivity contribution in [1.82, 2.24) is 4.90 Å². The van der Waals surface area contributed by atoms with E-state index >= 15 is 0 Å². The van der Waals surface area contributed by atoms with Crippen LogP contribution < -0.4 is 5.73 Å². The molecule has 0 rings (SSSR count). The summed E-state index contributed by atoms with van der Waals surface area (Å²) in [4.78, 5) is 2.36. The van der Waals surface area contributed by atoms with Crippen LogP contribution in [0.1, 0.15) is 40.5 Å². The molecular weight excluding hydrogens is 188 g/mol. The second-order valence-electron chi connectivity index (χ2n) is 4.15. The molecule has 0 aliphatic rings. The summed E-state index contributed by atoms with van der Waals surface area (Å²) in [7, 11) is 0. The molecular formula is C12H28N2O. The molecule has 0 aromatic carbocycles. The molecule has 92 valence electrons. The first kappa shape index (κ1) is 14.9. The van der Waals surface area contributed by atoms with E-state index in [1.165, 1.54) is 0 Å². The lowest BCUT2D eigenvalue weighted by Crippen LogP contribution is -2.43. The van der Waals surface area contributed by atoms with Crippen molar-refractivity contribution in [2.45, 2.75) is 46.1 Å². The van der Waals surface area contributed by atoms with Gasteiger partial charge in [0.1, 0.15) is 0 Å². The summed E-state index contributed by atoms with van der Waals surface area (Å²) in [6.45, 7) is 13.3. The third kappa shape index (κ3) is 6.13. The lowest BCUT2D eigenvalue weighted by atomic mass is 9.96. The average molecular weight is 216 g/mol. The number of rotatable bonds is 9. The van der Waals surface area contributed by atoms with Crippen molar-refractivity contribution in [3.05, 3.63) is 0 Å². The molecule has 0 amide bonds. The quantitative estimate of drug-likeness (QED) is 0.598. The van der Waals surface area contributed by atoms with Crippen molar-refractivity contribution in [3.63, 3.8) is 0 Å². The maximum absolute atomic E-state index is 6.14. The Hall–Kier alpha value is -0.120. The van der Waals surface area contributed by atoms with Gasteiger partial charge < -0.3 is 15.4 Å². The standard InChI is InChI=1S/C12H28N2O/c1-5-12(13,6-2)11-15-10-9-14(7-3)8-4/h5-11,13H2,1-4H3. The Bertz CT molecular complexity index is 143. The molecule has 3 heteroatoms. The molecule has 0 atom stereocenters. The molecule has 0 bridgehead atoms. The lowest BCUT2D eigenvalue weighted by Gasteiger charge is -2.27. The fourth-order valence-corrected chi connectivity index (χ4v) is 1.46. The SMILES string of the molecule is CCN(CC)CCOCC(N)(CC)CC. The summed E-state index contributed by atoms with van der Waals surface area (Å²) in [6.07, 6.45) is 1.96. The highest BCUT2D eigenvalue weighted by Gasteiger charge is 2.19. The van der Waals surface area contributed by atoms with Crippen LogP contribution in [-0.4, -0.2) is 43.3 Å². The molecule has 0 saturated carbocycles. The van der Waals surface area contributed by atoms with E-state index in [1.54, 1.807) is 0 Å². The van der Waals surface area contributed by atoms with E-state index < -0.39 is 0 Å². The second-order valence-corrected chi connectivity index (χ2v) is 4.15. The van der Waals surface area contributed by atoms with Gasteiger partial charge in [0, 0.05) is 12.1 Å². The number of hydrogen-bond donors (Lipinski definition) is 1. The van der Waals surface area contributed by atoms with Crippen molar-refractivity contribution in [3.8, 4) is 0 Å². The van der Waals surface area contributed by atoms with Crippen molar-refractivity contribution in [1.29, 1.82) is 0 Å². The van der Waals surface area contributed by atoms with Crippen molar-refractivity contribution in [2.75, 3.05) is 32.8 Å². The van der Waals surface area contributed by atoms with E-state index in [0.29, 0.717) is 6.61 Å². The minimum absolute atomic E-state index is 0.122. The zero-order valence-corrected chi connectivity index (χ0v) is 10.9. The van der Waals surface area contributed by atoms with Gasteiger partial charge in [-0.2, -0.15) is 0 Å². The minimum Gasteiger partial charge on any atom is -0.378 e. The maximum atomic E-state index is 6.14. The predicted octanol–water partition coefficient (Wildman–Crippen LogP) is 1.86. The largest absolute Gasteiger partial charge is 0.378 e. The second kappa shape index (κ2) is 8.08. The van der Waals surface area contributed by atoms with Crippen LogP contribution in [0.2, 0.25) is 0 Å². The summed E-state index contributed by atoms with van der Waals surface area (Å²) >= 11 is 0. The summed E-state index contributed by atoms with van der Waals surface area (Å²) in [5, 5.41) is 0. The zero-order valence-electron chi connectivity index (χ0n) is 10.9. The molecule has 0 heterocycles. The van der Waals surface area contributed by atoms with E-state index in [-0.39, 0.29) is 5.54 Å². The van der Waals surface area contributed by atoms with E-state index in [0.717, 1.165) is 39.1 Å². The van der Waals surface area contributed by atoms with Crippen LogP contribution in [0.4, 0.5) is 0 Å². The van der Waals surface area contributed by atoms with Crippen LogP contribution in [0.5, 0.6) is 0 Å². The maximum Gasteiger partial charge on any atom is 0.0646 e.